The smallest absolute Gasteiger partial charge is 0.150 e. The quantitative estimate of drug-likeness (QED) is 0.696. The Morgan fingerprint density at radius 2 is 2.44 bits per heavy atom. The minimum Gasteiger partial charge on any atom is -0.387 e. The van der Waals surface area contributed by atoms with Crippen LogP contribution in [-0.4, -0.2) is 35.5 Å². The van der Waals surface area contributed by atoms with Gasteiger partial charge in [-0.2, -0.15) is 0 Å². The minimum atomic E-state index is -0.610. The van der Waals surface area contributed by atoms with E-state index in [0.717, 1.165) is 30.8 Å². The van der Waals surface area contributed by atoms with Crippen molar-refractivity contribution in [3.8, 4) is 0 Å². The molecule has 0 radical (unpaired) electrons. The largest absolute Gasteiger partial charge is 0.387 e. The summed E-state index contributed by atoms with van der Waals surface area (Å²) in [4.78, 5) is 0. The molecule has 0 aliphatic carbocycles. The van der Waals surface area contributed by atoms with Gasteiger partial charge in [-0.15, -0.1) is 0 Å². The lowest BCUT2D eigenvalue weighted by Crippen LogP contribution is -2.42. The van der Waals surface area contributed by atoms with E-state index in [1.807, 2.05) is 6.07 Å². The van der Waals surface area contributed by atoms with Gasteiger partial charge in [0.15, 0.2) is 5.76 Å². The van der Waals surface area contributed by atoms with Gasteiger partial charge in [-0.05, 0) is 25.3 Å². The second kappa shape index (κ2) is 5.82. The van der Waals surface area contributed by atoms with Gasteiger partial charge in [0.1, 0.15) is 0 Å². The molecule has 0 amide bonds. The molecule has 1 atom stereocenters. The van der Waals surface area contributed by atoms with Gasteiger partial charge < -0.3 is 20.3 Å². The molecule has 18 heavy (non-hydrogen) atoms. The lowest BCUT2D eigenvalue weighted by atomic mass is 10.0. The number of hydrogen-bond donors (Lipinski definition) is 3. The van der Waals surface area contributed by atoms with E-state index in [9.17, 15) is 5.11 Å². The Balaban J connectivity index is 1.74. The summed E-state index contributed by atoms with van der Waals surface area (Å²) in [5, 5.41) is 20.5. The molecule has 5 heteroatoms. The van der Waals surface area contributed by atoms with Crippen LogP contribution in [0.1, 0.15) is 31.7 Å². The van der Waals surface area contributed by atoms with Crippen LogP contribution in [0.4, 0.5) is 0 Å². The number of β-amino-alcohol motifs (C(OH)–C–C–N with tert-alkyl or cyclic N) is 1. The first kappa shape index (κ1) is 13.5. The molecule has 1 saturated heterocycles. The van der Waals surface area contributed by atoms with Crippen LogP contribution in [0.5, 0.6) is 0 Å². The molecular formula is C13H23N3O2. The fraction of sp³-hybridized carbons (Fsp3) is 0.769. The van der Waals surface area contributed by atoms with E-state index in [0.29, 0.717) is 25.6 Å². The van der Waals surface area contributed by atoms with Crippen molar-refractivity contribution >= 4 is 0 Å². The first-order valence-corrected chi connectivity index (χ1v) is 6.66. The van der Waals surface area contributed by atoms with Crippen LogP contribution in [0, 0.1) is 5.92 Å². The van der Waals surface area contributed by atoms with Crippen molar-refractivity contribution in [3.05, 3.63) is 17.5 Å². The van der Waals surface area contributed by atoms with Gasteiger partial charge in [0, 0.05) is 19.2 Å². The number of hydrogen-bond acceptors (Lipinski definition) is 5. The number of nitrogens with one attached hydrogen (secondary N) is 2. The molecule has 1 aromatic rings. The van der Waals surface area contributed by atoms with Crippen molar-refractivity contribution in [1.29, 1.82) is 0 Å². The first-order chi connectivity index (χ1) is 8.57. The van der Waals surface area contributed by atoms with E-state index < -0.39 is 5.60 Å². The third kappa shape index (κ3) is 3.80. The highest BCUT2D eigenvalue weighted by molar-refractivity contribution is 5.06. The molecule has 0 bridgehead atoms. The number of aromatic nitrogens is 1. The van der Waals surface area contributed by atoms with Crippen LogP contribution in [0.3, 0.4) is 0 Å². The normalized spacial score (nSPS) is 24.0. The van der Waals surface area contributed by atoms with E-state index in [-0.39, 0.29) is 0 Å². The maximum absolute atomic E-state index is 10.1. The standard InChI is InChI=1S/C13H23N3O2/c1-10(2)5-11-6-12(18-16-11)7-15-9-13(17)3-4-14-8-13/h6,10,14-15,17H,3-5,7-9H2,1-2H3. The van der Waals surface area contributed by atoms with Crippen molar-refractivity contribution < 1.29 is 9.63 Å². The van der Waals surface area contributed by atoms with Crippen LogP contribution >= 0.6 is 0 Å². The Morgan fingerprint density at radius 3 is 3.11 bits per heavy atom. The van der Waals surface area contributed by atoms with Gasteiger partial charge >= 0.3 is 0 Å². The van der Waals surface area contributed by atoms with Gasteiger partial charge in [-0.25, -0.2) is 0 Å². The molecule has 102 valence electrons. The zero-order valence-corrected chi connectivity index (χ0v) is 11.2. The van der Waals surface area contributed by atoms with Crippen LogP contribution < -0.4 is 10.6 Å². The van der Waals surface area contributed by atoms with Crippen molar-refractivity contribution in [2.45, 2.75) is 38.8 Å². The maximum Gasteiger partial charge on any atom is 0.150 e. The maximum atomic E-state index is 10.1. The Kier molecular flexibility index (Phi) is 4.37. The highest BCUT2D eigenvalue weighted by Crippen LogP contribution is 2.13. The molecule has 3 N–H and O–H groups in total. The molecule has 0 spiro atoms. The molecule has 2 rings (SSSR count). The van der Waals surface area contributed by atoms with Crippen molar-refractivity contribution in [1.82, 2.24) is 15.8 Å². The zero-order valence-electron chi connectivity index (χ0n) is 11.2. The Morgan fingerprint density at radius 1 is 1.61 bits per heavy atom. The number of rotatable bonds is 6. The summed E-state index contributed by atoms with van der Waals surface area (Å²) in [5.74, 6) is 1.42. The molecule has 2 heterocycles. The average Bonchev–Trinajstić information content (AvgIpc) is 2.88. The summed E-state index contributed by atoms with van der Waals surface area (Å²) >= 11 is 0. The monoisotopic (exact) mass is 253 g/mol. The lowest BCUT2D eigenvalue weighted by molar-refractivity contribution is 0.0603. The van der Waals surface area contributed by atoms with Gasteiger partial charge in [-0.1, -0.05) is 19.0 Å². The van der Waals surface area contributed by atoms with Crippen molar-refractivity contribution in [2.75, 3.05) is 19.6 Å². The second-order valence-corrected chi connectivity index (χ2v) is 5.64. The molecule has 1 aliphatic rings. The molecule has 1 unspecified atom stereocenters. The molecule has 0 saturated carbocycles. The summed E-state index contributed by atoms with van der Waals surface area (Å²) < 4.78 is 5.25. The Hall–Kier alpha value is -0.910. The van der Waals surface area contributed by atoms with Crippen molar-refractivity contribution in [3.63, 3.8) is 0 Å². The Bertz CT molecular complexity index is 370. The molecule has 1 fully saturated rings. The van der Waals surface area contributed by atoms with Crippen LogP contribution in [0.2, 0.25) is 0 Å². The predicted octanol–water partition coefficient (Wildman–Crippen LogP) is 0.687. The van der Waals surface area contributed by atoms with Crippen LogP contribution in [0.15, 0.2) is 10.6 Å². The molecule has 1 aromatic heterocycles. The number of nitrogens with zero attached hydrogens (tertiary/aromatic N) is 1. The van der Waals surface area contributed by atoms with Gasteiger partial charge in [0.05, 0.1) is 17.8 Å². The zero-order chi connectivity index (χ0) is 13.0. The predicted molar refractivity (Wildman–Crippen MR) is 69.2 cm³/mol. The second-order valence-electron chi connectivity index (χ2n) is 5.64. The molecule has 0 aromatic carbocycles. The first-order valence-electron chi connectivity index (χ1n) is 6.66. The van der Waals surface area contributed by atoms with Gasteiger partial charge in [0.2, 0.25) is 0 Å². The van der Waals surface area contributed by atoms with E-state index in [1.165, 1.54) is 0 Å². The van der Waals surface area contributed by atoms with Gasteiger partial charge in [0.25, 0.3) is 0 Å². The Labute approximate surface area is 108 Å². The third-order valence-corrected chi connectivity index (χ3v) is 3.20. The fourth-order valence-corrected chi connectivity index (χ4v) is 2.25. The highest BCUT2D eigenvalue weighted by atomic mass is 16.5. The molecule has 1 aliphatic heterocycles. The topological polar surface area (TPSA) is 70.3 Å². The SMILES string of the molecule is CC(C)Cc1cc(CNCC2(O)CCNC2)on1. The lowest BCUT2D eigenvalue weighted by Gasteiger charge is -2.21. The van der Waals surface area contributed by atoms with Crippen LogP contribution in [0.25, 0.3) is 0 Å². The summed E-state index contributed by atoms with van der Waals surface area (Å²) in [6.45, 7) is 7.08. The van der Waals surface area contributed by atoms with E-state index in [4.69, 9.17) is 4.52 Å². The highest BCUT2D eigenvalue weighted by Gasteiger charge is 2.30. The van der Waals surface area contributed by atoms with Crippen LogP contribution in [-0.2, 0) is 13.0 Å². The molecule has 5 nitrogen and oxygen atoms in total. The number of aliphatic hydroxyl groups is 1. The summed E-state index contributed by atoms with van der Waals surface area (Å²) in [7, 11) is 0. The van der Waals surface area contributed by atoms with Crippen molar-refractivity contribution in [2.24, 2.45) is 5.92 Å². The van der Waals surface area contributed by atoms with E-state index in [1.54, 1.807) is 0 Å². The summed E-state index contributed by atoms with van der Waals surface area (Å²) in [6.07, 6.45) is 1.74. The minimum absolute atomic E-state index is 0.584. The third-order valence-electron chi connectivity index (χ3n) is 3.20. The average molecular weight is 253 g/mol. The van der Waals surface area contributed by atoms with Gasteiger partial charge in [-0.3, -0.25) is 0 Å². The van der Waals surface area contributed by atoms with E-state index >= 15 is 0 Å². The molecular weight excluding hydrogens is 230 g/mol. The fourth-order valence-electron chi connectivity index (χ4n) is 2.25. The summed E-state index contributed by atoms with van der Waals surface area (Å²) in [5.41, 5.74) is 0.392. The summed E-state index contributed by atoms with van der Waals surface area (Å²) in [6, 6.07) is 1.99. The van der Waals surface area contributed by atoms with E-state index in [2.05, 4.69) is 29.6 Å².